The highest BCUT2D eigenvalue weighted by molar-refractivity contribution is 6.61. The van der Waals surface area contributed by atoms with Crippen LogP contribution in [0.4, 0.5) is 0 Å². The van der Waals surface area contributed by atoms with E-state index in [9.17, 15) is 0 Å². The predicted molar refractivity (Wildman–Crippen MR) is 65.2 cm³/mol. The van der Waals surface area contributed by atoms with Crippen molar-refractivity contribution < 1.29 is 9.57 Å². The average molecular weight is 231 g/mol. The van der Waals surface area contributed by atoms with Crippen LogP contribution in [0.15, 0.2) is 0 Å². The molecule has 0 aliphatic carbocycles. The Bertz CT molecular complexity index is 176. The number of ether oxygens (including phenoxy) is 1. The zero-order chi connectivity index (χ0) is 11.1. The highest BCUT2D eigenvalue weighted by atomic mass is 28.3. The summed E-state index contributed by atoms with van der Waals surface area (Å²) in [6, 6.07) is 2.64. The van der Waals surface area contributed by atoms with Crippen molar-refractivity contribution >= 4 is 8.80 Å². The topological polar surface area (TPSA) is 44.5 Å². The first-order valence-electron chi connectivity index (χ1n) is 6.31. The summed E-state index contributed by atoms with van der Waals surface area (Å²) >= 11 is 0. The lowest BCUT2D eigenvalue weighted by atomic mass is 10.2. The van der Waals surface area contributed by atoms with Crippen molar-refractivity contribution in [2.45, 2.75) is 63.5 Å². The summed E-state index contributed by atoms with van der Waals surface area (Å²) in [5.41, 5.74) is -0.345. The van der Waals surface area contributed by atoms with Gasteiger partial charge in [0.15, 0.2) is 5.41 Å². The van der Waals surface area contributed by atoms with E-state index in [0.29, 0.717) is 6.61 Å². The summed E-state index contributed by atoms with van der Waals surface area (Å²) in [4.78, 5) is 5.27. The van der Waals surface area contributed by atoms with Gasteiger partial charge in [-0.05, 0) is 19.8 Å². The summed E-state index contributed by atoms with van der Waals surface area (Å²) in [6.45, 7) is 4.98. The second-order valence-corrected chi connectivity index (χ2v) is 7.88. The smallest absolute Gasteiger partial charge is 0.167 e. The van der Waals surface area contributed by atoms with Gasteiger partial charge in [0.25, 0.3) is 0 Å². The molecule has 1 rings (SSSR count). The molecule has 1 fully saturated rings. The van der Waals surface area contributed by atoms with Crippen molar-refractivity contribution in [3.8, 4) is 0 Å². The van der Waals surface area contributed by atoms with E-state index in [2.05, 4.69) is 6.92 Å². The van der Waals surface area contributed by atoms with Crippen molar-refractivity contribution in [3.63, 3.8) is 0 Å². The fourth-order valence-electron chi connectivity index (χ4n) is 2.62. The Morgan fingerprint density at radius 2 is 2.13 bits per heavy atom. The van der Waals surface area contributed by atoms with Crippen LogP contribution < -0.4 is 5.90 Å². The van der Waals surface area contributed by atoms with Crippen LogP contribution in [-0.2, 0) is 9.57 Å². The maximum Gasteiger partial charge on any atom is 0.167 e. The van der Waals surface area contributed by atoms with Crippen molar-refractivity contribution in [1.82, 2.24) is 0 Å². The zero-order valence-corrected chi connectivity index (χ0v) is 11.3. The van der Waals surface area contributed by atoms with Crippen LogP contribution in [0.5, 0.6) is 0 Å². The van der Waals surface area contributed by atoms with Gasteiger partial charge >= 0.3 is 0 Å². The highest BCUT2D eigenvalue weighted by Crippen LogP contribution is 2.34. The maximum atomic E-state index is 5.84. The standard InChI is InChI=1S/C11H25NO2Si/c1-3-5-9-15-10-7-6-8-11(15,14-12)13-4-2/h15H,3-10,12H2,1-2H3. The summed E-state index contributed by atoms with van der Waals surface area (Å²) in [6.07, 6.45) is 6.12. The molecule has 2 atom stereocenters. The molecule has 0 aromatic heterocycles. The molecule has 1 heterocycles. The molecule has 4 heteroatoms. The van der Waals surface area contributed by atoms with Gasteiger partial charge in [0.2, 0.25) is 0 Å². The van der Waals surface area contributed by atoms with Gasteiger partial charge in [0.1, 0.15) is 8.80 Å². The van der Waals surface area contributed by atoms with Crippen LogP contribution in [0.3, 0.4) is 0 Å². The molecule has 0 spiro atoms. The minimum absolute atomic E-state index is 0.345. The van der Waals surface area contributed by atoms with E-state index < -0.39 is 8.80 Å². The van der Waals surface area contributed by atoms with Crippen LogP contribution >= 0.6 is 0 Å². The third-order valence-electron chi connectivity index (χ3n) is 3.44. The molecule has 1 aliphatic rings. The van der Waals surface area contributed by atoms with E-state index in [0.717, 1.165) is 6.42 Å². The van der Waals surface area contributed by atoms with E-state index in [4.69, 9.17) is 15.5 Å². The van der Waals surface area contributed by atoms with Crippen LogP contribution in [0.2, 0.25) is 12.1 Å². The molecule has 15 heavy (non-hydrogen) atoms. The molecule has 1 aliphatic heterocycles. The van der Waals surface area contributed by atoms with Gasteiger partial charge in [-0.1, -0.05) is 38.3 Å². The summed E-state index contributed by atoms with van der Waals surface area (Å²) in [5, 5.41) is 0. The van der Waals surface area contributed by atoms with Crippen molar-refractivity contribution in [1.29, 1.82) is 0 Å². The quantitative estimate of drug-likeness (QED) is 0.433. The Balaban J connectivity index is 2.60. The highest BCUT2D eigenvalue weighted by Gasteiger charge is 2.43. The van der Waals surface area contributed by atoms with Crippen molar-refractivity contribution in [2.24, 2.45) is 5.90 Å². The minimum Gasteiger partial charge on any atom is -0.353 e. The molecule has 0 aromatic carbocycles. The van der Waals surface area contributed by atoms with Gasteiger partial charge in [-0.15, -0.1) is 0 Å². The van der Waals surface area contributed by atoms with E-state index in [-0.39, 0.29) is 5.41 Å². The first-order chi connectivity index (χ1) is 7.29. The predicted octanol–water partition coefficient (Wildman–Crippen LogP) is 2.36. The van der Waals surface area contributed by atoms with Gasteiger partial charge in [0.05, 0.1) is 0 Å². The van der Waals surface area contributed by atoms with Crippen LogP contribution in [0.25, 0.3) is 0 Å². The van der Waals surface area contributed by atoms with Crippen molar-refractivity contribution in [3.05, 3.63) is 0 Å². The first kappa shape index (κ1) is 13.2. The van der Waals surface area contributed by atoms with Gasteiger partial charge < -0.3 is 4.74 Å². The number of hydrogen-bond donors (Lipinski definition) is 1. The van der Waals surface area contributed by atoms with Gasteiger partial charge in [-0.25, -0.2) is 5.90 Å². The van der Waals surface area contributed by atoms with E-state index in [1.807, 2.05) is 6.92 Å². The molecule has 0 aromatic rings. The lowest BCUT2D eigenvalue weighted by Gasteiger charge is -2.41. The number of nitrogens with two attached hydrogens (primary N) is 1. The van der Waals surface area contributed by atoms with Crippen LogP contribution in [0, 0.1) is 0 Å². The molecular formula is C11H25NO2Si. The second-order valence-electron chi connectivity index (χ2n) is 4.45. The molecule has 1 saturated heterocycles. The Labute approximate surface area is 94.9 Å². The normalized spacial score (nSPS) is 31.8. The molecule has 0 amide bonds. The lowest BCUT2D eigenvalue weighted by molar-refractivity contribution is -0.191. The zero-order valence-electron chi connectivity index (χ0n) is 10.1. The van der Waals surface area contributed by atoms with Gasteiger partial charge in [-0.2, -0.15) is 0 Å². The Morgan fingerprint density at radius 3 is 2.73 bits per heavy atom. The number of unbranched alkanes of at least 4 members (excludes halogenated alkanes) is 1. The number of hydrogen-bond acceptors (Lipinski definition) is 3. The Hall–Kier alpha value is 0.0969. The molecule has 2 N–H and O–H groups in total. The SMILES string of the molecule is CCCC[SiH]1CCCCC1(ON)OCC. The molecule has 0 saturated carbocycles. The third kappa shape index (κ3) is 3.28. The minimum atomic E-state index is -0.982. The van der Waals surface area contributed by atoms with Gasteiger partial charge in [-0.3, -0.25) is 4.84 Å². The fourth-order valence-corrected chi connectivity index (χ4v) is 6.68. The van der Waals surface area contributed by atoms with Crippen LogP contribution in [0.1, 0.15) is 46.0 Å². The van der Waals surface area contributed by atoms with E-state index in [1.165, 1.54) is 37.8 Å². The maximum absolute atomic E-state index is 5.84. The molecule has 90 valence electrons. The average Bonchev–Trinajstić information content (AvgIpc) is 2.28. The third-order valence-corrected chi connectivity index (χ3v) is 7.49. The Morgan fingerprint density at radius 1 is 1.33 bits per heavy atom. The Kier molecular flexibility index (Phi) is 5.82. The molecular weight excluding hydrogens is 206 g/mol. The second kappa shape index (κ2) is 6.63. The number of rotatable bonds is 6. The fraction of sp³-hybridized carbons (Fsp3) is 1.00. The van der Waals surface area contributed by atoms with E-state index in [1.54, 1.807) is 0 Å². The molecule has 0 radical (unpaired) electrons. The summed E-state index contributed by atoms with van der Waals surface area (Å²) in [7, 11) is -0.982. The summed E-state index contributed by atoms with van der Waals surface area (Å²) < 4.78 is 5.84. The molecule has 3 nitrogen and oxygen atoms in total. The van der Waals surface area contributed by atoms with E-state index >= 15 is 0 Å². The van der Waals surface area contributed by atoms with Crippen LogP contribution in [-0.4, -0.2) is 20.8 Å². The molecule has 2 unspecified atom stereocenters. The lowest BCUT2D eigenvalue weighted by Crippen LogP contribution is -2.54. The first-order valence-corrected chi connectivity index (χ1v) is 8.52. The largest absolute Gasteiger partial charge is 0.353 e. The monoisotopic (exact) mass is 231 g/mol. The van der Waals surface area contributed by atoms with Crippen molar-refractivity contribution in [2.75, 3.05) is 6.61 Å². The summed E-state index contributed by atoms with van der Waals surface area (Å²) in [5.74, 6) is 5.50. The van der Waals surface area contributed by atoms with Gasteiger partial charge in [0, 0.05) is 6.61 Å². The molecule has 0 bridgehead atoms.